The summed E-state index contributed by atoms with van der Waals surface area (Å²) in [6.45, 7) is 4.66. The monoisotopic (exact) mass is 644 g/mol. The Balaban J connectivity index is 0.000000548. The molecule has 4 N–H and O–H groups in total. The predicted molar refractivity (Wildman–Crippen MR) is 143 cm³/mol. The fourth-order valence-corrected chi connectivity index (χ4v) is 3.78. The van der Waals surface area contributed by atoms with Crippen LogP contribution in [-0.4, -0.2) is 82.8 Å². The molecule has 1 saturated heterocycles. The van der Waals surface area contributed by atoms with Gasteiger partial charge in [-0.15, -0.1) is 0 Å². The van der Waals surface area contributed by atoms with Gasteiger partial charge in [0.1, 0.15) is 5.75 Å². The summed E-state index contributed by atoms with van der Waals surface area (Å²) < 4.78 is 69.3. The molecule has 0 aliphatic carbocycles. The molecule has 0 saturated carbocycles. The van der Waals surface area contributed by atoms with E-state index in [0.717, 1.165) is 56.0 Å². The summed E-state index contributed by atoms with van der Waals surface area (Å²) in [6.07, 6.45) is -6.98. The van der Waals surface area contributed by atoms with E-state index in [-0.39, 0.29) is 6.42 Å². The third-order valence-electron chi connectivity index (χ3n) is 5.72. The highest BCUT2D eigenvalue weighted by Crippen LogP contribution is 2.19. The first-order chi connectivity index (χ1) is 20.0. The number of carboxylic acid groups (broad SMARTS) is 3. The van der Waals surface area contributed by atoms with Crippen molar-refractivity contribution in [1.82, 2.24) is 10.2 Å². The van der Waals surface area contributed by atoms with E-state index < -0.39 is 30.3 Å². The van der Waals surface area contributed by atoms with Crippen molar-refractivity contribution in [2.45, 2.75) is 50.6 Å². The average Bonchev–Trinajstić information content (AvgIpc) is 2.91. The minimum absolute atomic E-state index is 0.0109. The van der Waals surface area contributed by atoms with Crippen LogP contribution in [0.1, 0.15) is 30.4 Å². The summed E-state index contributed by atoms with van der Waals surface area (Å²) in [6, 6.07) is 16.0. The second-order valence-corrected chi connectivity index (χ2v) is 9.55. The lowest BCUT2D eigenvalue weighted by molar-refractivity contribution is -0.193. The van der Waals surface area contributed by atoms with E-state index in [2.05, 4.69) is 22.3 Å². The summed E-state index contributed by atoms with van der Waals surface area (Å²) in [5, 5.41) is 27.6. The second-order valence-electron chi connectivity index (χ2n) is 9.12. The Bertz CT molecular complexity index is 1130. The normalized spacial score (nSPS) is 14.0. The van der Waals surface area contributed by atoms with Gasteiger partial charge in [-0.25, -0.2) is 9.59 Å². The van der Waals surface area contributed by atoms with Crippen molar-refractivity contribution >= 4 is 29.5 Å². The fraction of sp³-hybridized carbons (Fsp3) is 0.444. The quantitative estimate of drug-likeness (QED) is 0.202. The number of halogens is 7. The SMILES string of the molecule is O=C(O)C(F)(F)F.O=C(O)C(F)(F)F.O=C(O)Cc1ccccc1OCCCNC1CCN(Cc2ccc(Cl)cc2)CC1. The van der Waals surface area contributed by atoms with E-state index in [1.54, 1.807) is 6.07 Å². The number of nitrogens with zero attached hydrogens (tertiary/aromatic N) is 1. The Hall–Kier alpha value is -3.56. The van der Waals surface area contributed by atoms with Gasteiger partial charge in [-0.1, -0.05) is 41.9 Å². The fourth-order valence-electron chi connectivity index (χ4n) is 3.66. The van der Waals surface area contributed by atoms with E-state index >= 15 is 0 Å². The minimum atomic E-state index is -5.08. The molecular weight excluding hydrogens is 614 g/mol. The standard InChI is InChI=1S/C23H29ClN2O3.2C2HF3O2/c24-20-8-6-18(7-9-20)17-26-13-10-21(11-14-26)25-12-3-15-29-22-5-2-1-4-19(22)16-23(27)28;2*3-2(4,5)1(6)7/h1-2,4-9,21,25H,3,10-17H2,(H,27,28);2*(H,6,7). The van der Waals surface area contributed by atoms with Crippen LogP contribution in [-0.2, 0) is 27.3 Å². The third-order valence-corrected chi connectivity index (χ3v) is 5.97. The van der Waals surface area contributed by atoms with Gasteiger partial charge < -0.3 is 25.4 Å². The molecule has 0 amide bonds. The van der Waals surface area contributed by atoms with Gasteiger partial charge >= 0.3 is 30.3 Å². The number of alkyl halides is 6. The molecule has 1 fully saturated rings. The van der Waals surface area contributed by atoms with Gasteiger partial charge in [-0.3, -0.25) is 9.69 Å². The summed E-state index contributed by atoms with van der Waals surface area (Å²) >= 11 is 5.95. The molecule has 1 heterocycles. The zero-order chi connectivity index (χ0) is 32.6. The van der Waals surface area contributed by atoms with Crippen LogP contribution in [0.15, 0.2) is 48.5 Å². The van der Waals surface area contributed by atoms with Crippen LogP contribution in [0.3, 0.4) is 0 Å². The van der Waals surface area contributed by atoms with Crippen LogP contribution in [0.2, 0.25) is 5.02 Å². The average molecular weight is 645 g/mol. The number of para-hydroxylation sites is 1. The van der Waals surface area contributed by atoms with Crippen LogP contribution in [0, 0.1) is 0 Å². The molecule has 2 aromatic rings. The van der Waals surface area contributed by atoms with E-state index in [1.165, 1.54) is 5.56 Å². The van der Waals surface area contributed by atoms with Crippen molar-refractivity contribution in [1.29, 1.82) is 0 Å². The number of carbonyl (C=O) groups is 3. The summed E-state index contributed by atoms with van der Waals surface area (Å²) in [7, 11) is 0. The van der Waals surface area contributed by atoms with E-state index in [9.17, 15) is 31.1 Å². The molecule has 0 atom stereocenters. The number of benzene rings is 2. The van der Waals surface area contributed by atoms with Gasteiger partial charge in [-0.05, 0) is 62.7 Å². The number of carboxylic acids is 3. The van der Waals surface area contributed by atoms with E-state index in [1.807, 2.05) is 30.3 Å². The van der Waals surface area contributed by atoms with Gasteiger partial charge in [0.2, 0.25) is 0 Å². The smallest absolute Gasteiger partial charge is 0.490 e. The highest BCUT2D eigenvalue weighted by Gasteiger charge is 2.38. The number of piperidine rings is 1. The second kappa shape index (κ2) is 18.2. The number of rotatable bonds is 10. The summed E-state index contributed by atoms with van der Waals surface area (Å²) in [5.74, 6) is -5.68. The molecule has 0 unspecified atom stereocenters. The van der Waals surface area contributed by atoms with Crippen LogP contribution < -0.4 is 10.1 Å². The van der Waals surface area contributed by atoms with Crippen LogP contribution in [0.4, 0.5) is 26.3 Å². The first kappa shape index (κ1) is 37.5. The molecule has 240 valence electrons. The maximum atomic E-state index is 10.9. The number of hydrogen-bond acceptors (Lipinski definition) is 6. The zero-order valence-corrected chi connectivity index (χ0v) is 23.4. The third kappa shape index (κ3) is 16.6. The van der Waals surface area contributed by atoms with Crippen molar-refractivity contribution in [3.8, 4) is 5.75 Å². The lowest BCUT2D eigenvalue weighted by atomic mass is 10.0. The van der Waals surface area contributed by atoms with Gasteiger partial charge in [0.25, 0.3) is 0 Å². The Morgan fingerprint density at radius 3 is 1.88 bits per heavy atom. The molecule has 1 aliphatic heterocycles. The molecule has 16 heteroatoms. The zero-order valence-electron chi connectivity index (χ0n) is 22.6. The number of ether oxygens (including phenoxy) is 1. The van der Waals surface area contributed by atoms with Crippen molar-refractivity contribution in [3.63, 3.8) is 0 Å². The van der Waals surface area contributed by atoms with Gasteiger partial charge in [0, 0.05) is 23.2 Å². The van der Waals surface area contributed by atoms with Crippen LogP contribution in [0.5, 0.6) is 5.75 Å². The van der Waals surface area contributed by atoms with E-state index in [4.69, 9.17) is 41.2 Å². The lowest BCUT2D eigenvalue weighted by Gasteiger charge is -2.32. The topological polar surface area (TPSA) is 136 Å². The molecule has 0 aromatic heterocycles. The Kier molecular flexibility index (Phi) is 15.8. The first-order valence-corrected chi connectivity index (χ1v) is 13.1. The molecule has 2 aromatic carbocycles. The largest absolute Gasteiger partial charge is 0.493 e. The highest BCUT2D eigenvalue weighted by atomic mass is 35.5. The summed E-state index contributed by atoms with van der Waals surface area (Å²) in [5.41, 5.74) is 2.03. The summed E-state index contributed by atoms with van der Waals surface area (Å²) in [4.78, 5) is 31.2. The van der Waals surface area contributed by atoms with Gasteiger partial charge in [0.05, 0.1) is 13.0 Å². The maximum absolute atomic E-state index is 10.9. The Morgan fingerprint density at radius 2 is 1.40 bits per heavy atom. The molecule has 1 aliphatic rings. The number of nitrogens with one attached hydrogen (secondary N) is 1. The first-order valence-electron chi connectivity index (χ1n) is 12.7. The van der Waals surface area contributed by atoms with Crippen molar-refractivity contribution in [2.24, 2.45) is 0 Å². The van der Waals surface area contributed by atoms with Gasteiger partial charge in [0.15, 0.2) is 0 Å². The molecule has 0 bridgehead atoms. The molecule has 3 rings (SSSR count). The Labute approximate surface area is 248 Å². The Morgan fingerprint density at radius 1 is 0.884 bits per heavy atom. The maximum Gasteiger partial charge on any atom is 0.490 e. The van der Waals surface area contributed by atoms with Crippen molar-refractivity contribution in [2.75, 3.05) is 26.2 Å². The number of likely N-dealkylation sites (tertiary alicyclic amines) is 1. The molecule has 9 nitrogen and oxygen atoms in total. The molecular formula is C27H31ClF6N2O7. The molecule has 43 heavy (non-hydrogen) atoms. The highest BCUT2D eigenvalue weighted by molar-refractivity contribution is 6.30. The van der Waals surface area contributed by atoms with Crippen molar-refractivity contribution < 1.29 is 60.8 Å². The number of hydrogen-bond donors (Lipinski definition) is 4. The lowest BCUT2D eigenvalue weighted by Crippen LogP contribution is -2.42. The molecule has 0 radical (unpaired) electrons. The molecule has 0 spiro atoms. The van der Waals surface area contributed by atoms with E-state index in [0.29, 0.717) is 18.4 Å². The van der Waals surface area contributed by atoms with Crippen molar-refractivity contribution in [3.05, 3.63) is 64.7 Å². The number of aliphatic carboxylic acids is 3. The van der Waals surface area contributed by atoms with Crippen LogP contribution >= 0.6 is 11.6 Å². The van der Waals surface area contributed by atoms with Gasteiger partial charge in [-0.2, -0.15) is 26.3 Å². The minimum Gasteiger partial charge on any atom is -0.493 e. The van der Waals surface area contributed by atoms with Crippen LogP contribution in [0.25, 0.3) is 0 Å². The predicted octanol–water partition coefficient (Wildman–Crippen LogP) is 5.26.